The first kappa shape index (κ1) is 15.1. The lowest BCUT2D eigenvalue weighted by atomic mass is 10.0. The number of benzene rings is 2. The van der Waals surface area contributed by atoms with Crippen LogP contribution in [0.3, 0.4) is 0 Å². The van der Waals surface area contributed by atoms with Crippen LogP contribution in [0.5, 0.6) is 5.75 Å². The van der Waals surface area contributed by atoms with Crippen molar-refractivity contribution < 1.29 is 4.74 Å². The molecule has 0 saturated heterocycles. The first-order chi connectivity index (χ1) is 10.8. The van der Waals surface area contributed by atoms with E-state index in [4.69, 9.17) is 10.5 Å². The lowest BCUT2D eigenvalue weighted by Crippen LogP contribution is -2.28. The molecule has 1 atom stereocenters. The third kappa shape index (κ3) is 3.01. The minimum Gasteiger partial charge on any atom is -0.489 e. The van der Waals surface area contributed by atoms with E-state index in [1.54, 1.807) is 0 Å². The molecule has 0 bridgehead atoms. The van der Waals surface area contributed by atoms with Crippen LogP contribution in [0.1, 0.15) is 36.1 Å². The number of hydrogen-bond acceptors (Lipinski definition) is 3. The Kier molecular flexibility index (Phi) is 4.76. The van der Waals surface area contributed by atoms with Crippen LogP contribution < -0.4 is 10.5 Å². The van der Waals surface area contributed by atoms with Gasteiger partial charge in [0.1, 0.15) is 12.4 Å². The highest BCUT2D eigenvalue weighted by atomic mass is 16.5. The lowest BCUT2D eigenvalue weighted by molar-refractivity contribution is 0.218. The molecule has 0 aliphatic carbocycles. The summed E-state index contributed by atoms with van der Waals surface area (Å²) < 4.78 is 6.09. The Labute approximate surface area is 132 Å². The average Bonchev–Trinajstić information content (AvgIpc) is 2.92. The highest BCUT2D eigenvalue weighted by molar-refractivity contribution is 5.45. The molecule has 1 aliphatic rings. The predicted molar refractivity (Wildman–Crippen MR) is 89.7 cm³/mol. The fourth-order valence-corrected chi connectivity index (χ4v) is 3.24. The van der Waals surface area contributed by atoms with E-state index in [2.05, 4.69) is 42.2 Å². The van der Waals surface area contributed by atoms with Crippen molar-refractivity contribution in [3.63, 3.8) is 0 Å². The van der Waals surface area contributed by atoms with E-state index in [0.29, 0.717) is 19.2 Å². The van der Waals surface area contributed by atoms with Gasteiger partial charge in [0.2, 0.25) is 0 Å². The molecule has 3 rings (SSSR count). The number of hydrogen-bond donors (Lipinski definition) is 1. The zero-order chi connectivity index (χ0) is 15.4. The van der Waals surface area contributed by atoms with Crippen LogP contribution in [0.2, 0.25) is 0 Å². The SMILES string of the molecule is CCCN1Cc2c(OCc3ccccc3)cccc2C1CN. The van der Waals surface area contributed by atoms with E-state index in [1.807, 2.05) is 18.2 Å². The van der Waals surface area contributed by atoms with E-state index in [9.17, 15) is 0 Å². The van der Waals surface area contributed by atoms with E-state index in [1.165, 1.54) is 16.7 Å². The zero-order valence-corrected chi connectivity index (χ0v) is 13.2. The first-order valence-electron chi connectivity index (χ1n) is 8.06. The molecule has 3 nitrogen and oxygen atoms in total. The smallest absolute Gasteiger partial charge is 0.124 e. The third-order valence-electron chi connectivity index (χ3n) is 4.30. The molecular weight excluding hydrogens is 272 g/mol. The van der Waals surface area contributed by atoms with Gasteiger partial charge in [0.25, 0.3) is 0 Å². The summed E-state index contributed by atoms with van der Waals surface area (Å²) in [6.07, 6.45) is 1.14. The molecule has 116 valence electrons. The second kappa shape index (κ2) is 6.95. The highest BCUT2D eigenvalue weighted by Gasteiger charge is 2.30. The van der Waals surface area contributed by atoms with Gasteiger partial charge in [-0.15, -0.1) is 0 Å². The number of nitrogens with zero attached hydrogens (tertiary/aromatic N) is 1. The molecule has 1 heterocycles. The summed E-state index contributed by atoms with van der Waals surface area (Å²) in [5.41, 5.74) is 9.84. The summed E-state index contributed by atoms with van der Waals surface area (Å²) in [6.45, 7) is 5.50. The summed E-state index contributed by atoms with van der Waals surface area (Å²) in [7, 11) is 0. The van der Waals surface area contributed by atoms with Crippen molar-refractivity contribution >= 4 is 0 Å². The van der Waals surface area contributed by atoms with E-state index < -0.39 is 0 Å². The molecule has 1 aliphatic heterocycles. The molecule has 0 saturated carbocycles. The summed E-state index contributed by atoms with van der Waals surface area (Å²) in [5, 5.41) is 0. The monoisotopic (exact) mass is 296 g/mol. The summed E-state index contributed by atoms with van der Waals surface area (Å²) in [4.78, 5) is 2.46. The van der Waals surface area contributed by atoms with Crippen LogP contribution in [0.15, 0.2) is 48.5 Å². The number of nitrogens with two attached hydrogens (primary N) is 1. The molecular formula is C19H24N2O. The van der Waals surface area contributed by atoms with Crippen LogP contribution in [0.25, 0.3) is 0 Å². The maximum Gasteiger partial charge on any atom is 0.124 e. The van der Waals surface area contributed by atoms with E-state index in [-0.39, 0.29) is 0 Å². The van der Waals surface area contributed by atoms with Crippen molar-refractivity contribution in [2.45, 2.75) is 32.5 Å². The topological polar surface area (TPSA) is 38.5 Å². The van der Waals surface area contributed by atoms with Crippen LogP contribution in [0.4, 0.5) is 0 Å². The Morgan fingerprint density at radius 1 is 1.14 bits per heavy atom. The van der Waals surface area contributed by atoms with E-state index in [0.717, 1.165) is 25.3 Å². The Morgan fingerprint density at radius 2 is 1.95 bits per heavy atom. The minimum absolute atomic E-state index is 0.329. The average molecular weight is 296 g/mol. The zero-order valence-electron chi connectivity index (χ0n) is 13.2. The quantitative estimate of drug-likeness (QED) is 0.887. The molecule has 0 spiro atoms. The highest BCUT2D eigenvalue weighted by Crippen LogP contribution is 2.38. The maximum absolute atomic E-state index is 6.09. The molecule has 0 fully saturated rings. The van der Waals surface area contributed by atoms with Gasteiger partial charge in [0.05, 0.1) is 0 Å². The first-order valence-corrected chi connectivity index (χ1v) is 8.06. The van der Waals surface area contributed by atoms with Gasteiger partial charge < -0.3 is 10.5 Å². The third-order valence-corrected chi connectivity index (χ3v) is 4.30. The molecule has 22 heavy (non-hydrogen) atoms. The minimum atomic E-state index is 0.329. The van der Waals surface area contributed by atoms with Gasteiger partial charge in [-0.1, -0.05) is 49.4 Å². The Balaban J connectivity index is 1.79. The molecule has 1 unspecified atom stereocenters. The largest absolute Gasteiger partial charge is 0.489 e. The summed E-state index contributed by atoms with van der Waals surface area (Å²) in [5.74, 6) is 0.999. The van der Waals surface area contributed by atoms with Crippen LogP contribution in [-0.2, 0) is 13.2 Å². The maximum atomic E-state index is 6.09. The Bertz CT molecular complexity index is 612. The normalized spacial score (nSPS) is 17.5. The predicted octanol–water partition coefficient (Wildman–Crippen LogP) is 3.49. The summed E-state index contributed by atoms with van der Waals surface area (Å²) in [6, 6.07) is 17.0. The van der Waals surface area contributed by atoms with Crippen LogP contribution >= 0.6 is 0 Å². The van der Waals surface area contributed by atoms with Gasteiger partial charge >= 0.3 is 0 Å². The number of ether oxygens (including phenoxy) is 1. The molecule has 0 aromatic heterocycles. The van der Waals surface area contributed by atoms with Gasteiger partial charge in [0.15, 0.2) is 0 Å². The van der Waals surface area contributed by atoms with Gasteiger partial charge in [-0.2, -0.15) is 0 Å². The lowest BCUT2D eigenvalue weighted by Gasteiger charge is -2.22. The Morgan fingerprint density at radius 3 is 2.68 bits per heavy atom. The van der Waals surface area contributed by atoms with E-state index >= 15 is 0 Å². The molecule has 2 N–H and O–H groups in total. The second-order valence-corrected chi connectivity index (χ2v) is 5.82. The number of rotatable bonds is 6. The second-order valence-electron chi connectivity index (χ2n) is 5.82. The Hall–Kier alpha value is -1.84. The fraction of sp³-hybridized carbons (Fsp3) is 0.368. The number of fused-ring (bicyclic) bond motifs is 1. The van der Waals surface area contributed by atoms with Crippen molar-refractivity contribution in [2.75, 3.05) is 13.1 Å². The van der Waals surface area contributed by atoms with Gasteiger partial charge in [-0.25, -0.2) is 0 Å². The molecule has 3 heteroatoms. The standard InChI is InChI=1S/C19H24N2O/c1-2-11-21-13-17-16(18(21)12-20)9-6-10-19(17)22-14-15-7-4-3-5-8-15/h3-10,18H,2,11-14,20H2,1H3. The van der Waals surface area contributed by atoms with Crippen molar-refractivity contribution in [3.8, 4) is 5.75 Å². The van der Waals surface area contributed by atoms with Gasteiger partial charge in [-0.3, -0.25) is 4.90 Å². The van der Waals surface area contributed by atoms with Crippen molar-refractivity contribution in [1.29, 1.82) is 0 Å². The summed E-state index contributed by atoms with van der Waals surface area (Å²) >= 11 is 0. The van der Waals surface area contributed by atoms with Gasteiger partial charge in [-0.05, 0) is 30.2 Å². The van der Waals surface area contributed by atoms with Crippen molar-refractivity contribution in [3.05, 3.63) is 65.2 Å². The van der Waals surface area contributed by atoms with Crippen molar-refractivity contribution in [1.82, 2.24) is 4.90 Å². The van der Waals surface area contributed by atoms with Crippen LogP contribution in [0, 0.1) is 0 Å². The molecule has 2 aromatic carbocycles. The molecule has 0 amide bonds. The molecule has 0 radical (unpaired) electrons. The van der Waals surface area contributed by atoms with Gasteiger partial charge in [0, 0.05) is 24.7 Å². The molecule has 2 aromatic rings. The van der Waals surface area contributed by atoms with Crippen molar-refractivity contribution in [2.24, 2.45) is 5.73 Å². The fourth-order valence-electron chi connectivity index (χ4n) is 3.24. The van der Waals surface area contributed by atoms with Crippen LogP contribution in [-0.4, -0.2) is 18.0 Å².